The Balaban J connectivity index is 1.68. The molecule has 136 valence electrons. The SMILES string of the molecule is Cc1cc(Cl)ccc1NC(=O)COC(=O)CNC(=O)C1CCCCC1. The molecule has 1 aromatic carbocycles. The number of esters is 1. The minimum Gasteiger partial charge on any atom is -0.454 e. The molecule has 0 radical (unpaired) electrons. The quantitative estimate of drug-likeness (QED) is 0.758. The molecule has 2 N–H and O–H groups in total. The summed E-state index contributed by atoms with van der Waals surface area (Å²) in [5.41, 5.74) is 1.42. The van der Waals surface area contributed by atoms with Crippen LogP contribution in [0, 0.1) is 12.8 Å². The molecule has 0 atom stereocenters. The lowest BCUT2D eigenvalue weighted by Gasteiger charge is -2.20. The summed E-state index contributed by atoms with van der Waals surface area (Å²) in [6, 6.07) is 5.07. The third kappa shape index (κ3) is 6.38. The van der Waals surface area contributed by atoms with Crippen molar-refractivity contribution in [3.8, 4) is 0 Å². The minimum atomic E-state index is -0.632. The number of hydrogen-bond donors (Lipinski definition) is 2. The Morgan fingerprint density at radius 1 is 1.20 bits per heavy atom. The standard InChI is InChI=1S/C18H23ClN2O4/c1-12-9-14(19)7-8-15(12)21-16(22)11-25-17(23)10-20-18(24)13-5-3-2-4-6-13/h7-9,13H,2-6,10-11H2,1H3,(H,20,24)(H,21,22). The fourth-order valence-electron chi connectivity index (χ4n) is 2.82. The van der Waals surface area contributed by atoms with Gasteiger partial charge in [-0.15, -0.1) is 0 Å². The molecule has 1 aliphatic carbocycles. The molecule has 0 aromatic heterocycles. The summed E-state index contributed by atoms with van der Waals surface area (Å²) >= 11 is 5.86. The van der Waals surface area contributed by atoms with Crippen molar-refractivity contribution in [2.75, 3.05) is 18.5 Å². The van der Waals surface area contributed by atoms with Gasteiger partial charge < -0.3 is 15.4 Å². The molecular formula is C18H23ClN2O4. The Morgan fingerprint density at radius 2 is 1.92 bits per heavy atom. The summed E-state index contributed by atoms with van der Waals surface area (Å²) in [6.45, 7) is 1.19. The van der Waals surface area contributed by atoms with Crippen molar-refractivity contribution < 1.29 is 19.1 Å². The predicted octanol–water partition coefficient (Wildman–Crippen LogP) is 2.83. The number of rotatable bonds is 6. The minimum absolute atomic E-state index is 0.0160. The smallest absolute Gasteiger partial charge is 0.325 e. The van der Waals surface area contributed by atoms with Crippen molar-refractivity contribution in [1.29, 1.82) is 0 Å². The normalized spacial score (nSPS) is 14.6. The molecule has 0 spiro atoms. The summed E-state index contributed by atoms with van der Waals surface area (Å²) in [4.78, 5) is 35.4. The average molecular weight is 367 g/mol. The summed E-state index contributed by atoms with van der Waals surface area (Å²) in [5, 5.41) is 5.81. The number of halogens is 1. The van der Waals surface area contributed by atoms with Gasteiger partial charge in [-0.05, 0) is 43.5 Å². The molecule has 0 aliphatic heterocycles. The predicted molar refractivity (Wildman–Crippen MR) is 95.4 cm³/mol. The van der Waals surface area contributed by atoms with E-state index in [1.165, 1.54) is 0 Å². The van der Waals surface area contributed by atoms with Crippen LogP contribution in [-0.4, -0.2) is 30.9 Å². The van der Waals surface area contributed by atoms with Crippen molar-refractivity contribution in [2.45, 2.75) is 39.0 Å². The Bertz CT molecular complexity index is 642. The number of ether oxygens (including phenoxy) is 1. The highest BCUT2D eigenvalue weighted by Crippen LogP contribution is 2.23. The molecule has 2 rings (SSSR count). The van der Waals surface area contributed by atoms with E-state index in [0.29, 0.717) is 10.7 Å². The van der Waals surface area contributed by atoms with E-state index in [1.807, 2.05) is 6.92 Å². The highest BCUT2D eigenvalue weighted by atomic mass is 35.5. The largest absolute Gasteiger partial charge is 0.454 e. The highest BCUT2D eigenvalue weighted by Gasteiger charge is 2.21. The highest BCUT2D eigenvalue weighted by molar-refractivity contribution is 6.30. The molecule has 7 heteroatoms. The second-order valence-electron chi connectivity index (χ2n) is 6.22. The topological polar surface area (TPSA) is 84.5 Å². The van der Waals surface area contributed by atoms with Gasteiger partial charge >= 0.3 is 5.97 Å². The van der Waals surface area contributed by atoms with Crippen LogP contribution in [0.1, 0.15) is 37.7 Å². The molecule has 0 bridgehead atoms. The second-order valence-corrected chi connectivity index (χ2v) is 6.66. The maximum Gasteiger partial charge on any atom is 0.325 e. The van der Waals surface area contributed by atoms with E-state index in [4.69, 9.17) is 16.3 Å². The van der Waals surface area contributed by atoms with Crippen molar-refractivity contribution >= 4 is 35.1 Å². The lowest BCUT2D eigenvalue weighted by Crippen LogP contribution is -2.36. The van der Waals surface area contributed by atoms with Gasteiger partial charge in [-0.25, -0.2) is 0 Å². The molecule has 0 heterocycles. The number of anilines is 1. The van der Waals surface area contributed by atoms with Gasteiger partial charge in [0.1, 0.15) is 6.54 Å². The lowest BCUT2D eigenvalue weighted by atomic mass is 9.89. The van der Waals surface area contributed by atoms with Crippen LogP contribution in [0.5, 0.6) is 0 Å². The zero-order chi connectivity index (χ0) is 18.2. The van der Waals surface area contributed by atoms with E-state index in [0.717, 1.165) is 37.7 Å². The molecule has 1 aliphatic rings. The van der Waals surface area contributed by atoms with Gasteiger partial charge in [-0.2, -0.15) is 0 Å². The number of carbonyl (C=O) groups is 3. The number of benzene rings is 1. The van der Waals surface area contributed by atoms with Gasteiger partial charge in [0, 0.05) is 16.6 Å². The zero-order valence-electron chi connectivity index (χ0n) is 14.3. The van der Waals surface area contributed by atoms with Crippen LogP contribution < -0.4 is 10.6 Å². The number of aryl methyl sites for hydroxylation is 1. The first-order chi connectivity index (χ1) is 12.0. The van der Waals surface area contributed by atoms with Crippen LogP contribution in [0.3, 0.4) is 0 Å². The van der Waals surface area contributed by atoms with Crippen molar-refractivity contribution in [3.05, 3.63) is 28.8 Å². The number of hydrogen-bond acceptors (Lipinski definition) is 4. The van der Waals surface area contributed by atoms with Gasteiger partial charge in [0.05, 0.1) is 0 Å². The van der Waals surface area contributed by atoms with E-state index < -0.39 is 18.5 Å². The third-order valence-corrected chi connectivity index (χ3v) is 4.44. The summed E-state index contributed by atoms with van der Waals surface area (Å²) in [6.07, 6.45) is 4.99. The summed E-state index contributed by atoms with van der Waals surface area (Å²) in [7, 11) is 0. The molecule has 0 saturated heterocycles. The van der Waals surface area contributed by atoms with E-state index in [1.54, 1.807) is 18.2 Å². The molecule has 0 unspecified atom stereocenters. The van der Waals surface area contributed by atoms with Crippen LogP contribution in [0.15, 0.2) is 18.2 Å². The molecule has 2 amide bonds. The van der Waals surface area contributed by atoms with E-state index in [2.05, 4.69) is 10.6 Å². The van der Waals surface area contributed by atoms with Crippen LogP contribution >= 0.6 is 11.6 Å². The van der Waals surface area contributed by atoms with Gasteiger partial charge in [0.2, 0.25) is 5.91 Å². The fraction of sp³-hybridized carbons (Fsp3) is 0.500. The number of nitrogens with one attached hydrogen (secondary N) is 2. The van der Waals surface area contributed by atoms with Crippen LogP contribution in [0.25, 0.3) is 0 Å². The molecule has 6 nitrogen and oxygen atoms in total. The Kier molecular flexibility index (Phi) is 7.25. The maximum absolute atomic E-state index is 11.9. The van der Waals surface area contributed by atoms with Gasteiger partial charge in [-0.1, -0.05) is 30.9 Å². The first-order valence-electron chi connectivity index (χ1n) is 8.45. The summed E-state index contributed by atoms with van der Waals surface area (Å²) in [5.74, 6) is -1.21. The first kappa shape index (κ1) is 19.2. The van der Waals surface area contributed by atoms with E-state index >= 15 is 0 Å². The van der Waals surface area contributed by atoms with Crippen LogP contribution in [-0.2, 0) is 19.1 Å². The average Bonchev–Trinajstić information content (AvgIpc) is 2.61. The van der Waals surface area contributed by atoms with Gasteiger partial charge in [0.15, 0.2) is 6.61 Å². The van der Waals surface area contributed by atoms with Gasteiger partial charge in [-0.3, -0.25) is 14.4 Å². The lowest BCUT2D eigenvalue weighted by molar-refractivity contribution is -0.147. The molecule has 1 fully saturated rings. The molecule has 25 heavy (non-hydrogen) atoms. The van der Waals surface area contributed by atoms with Crippen LogP contribution in [0.2, 0.25) is 5.02 Å². The molecule has 1 aromatic rings. The Morgan fingerprint density at radius 3 is 2.60 bits per heavy atom. The molecular weight excluding hydrogens is 344 g/mol. The monoisotopic (exact) mass is 366 g/mol. The van der Waals surface area contributed by atoms with Crippen molar-refractivity contribution in [3.63, 3.8) is 0 Å². The fourth-order valence-corrected chi connectivity index (χ4v) is 3.05. The van der Waals surface area contributed by atoms with E-state index in [9.17, 15) is 14.4 Å². The maximum atomic E-state index is 11.9. The van der Waals surface area contributed by atoms with Gasteiger partial charge in [0.25, 0.3) is 5.91 Å². The zero-order valence-corrected chi connectivity index (χ0v) is 15.0. The van der Waals surface area contributed by atoms with Crippen LogP contribution in [0.4, 0.5) is 5.69 Å². The van der Waals surface area contributed by atoms with Crippen molar-refractivity contribution in [1.82, 2.24) is 5.32 Å². The number of carbonyl (C=O) groups excluding carboxylic acids is 3. The molecule has 1 saturated carbocycles. The first-order valence-corrected chi connectivity index (χ1v) is 8.83. The number of amides is 2. The third-order valence-electron chi connectivity index (χ3n) is 4.21. The second kappa shape index (κ2) is 9.42. The summed E-state index contributed by atoms with van der Waals surface area (Å²) < 4.78 is 4.89. The van der Waals surface area contributed by atoms with Crippen molar-refractivity contribution in [2.24, 2.45) is 5.92 Å². The Hall–Kier alpha value is -2.08. The Labute approximate surface area is 152 Å². The van der Waals surface area contributed by atoms with E-state index in [-0.39, 0.29) is 18.4 Å².